The van der Waals surface area contributed by atoms with Crippen molar-refractivity contribution in [2.75, 3.05) is 6.54 Å². The van der Waals surface area contributed by atoms with Gasteiger partial charge in [0.25, 0.3) is 0 Å². The highest BCUT2D eigenvalue weighted by atomic mass is 16.6. The lowest BCUT2D eigenvalue weighted by Crippen LogP contribution is -2.60. The molecule has 0 aliphatic carbocycles. The minimum atomic E-state index is -0.979. The van der Waals surface area contributed by atoms with Crippen molar-refractivity contribution in [3.8, 4) is 12.3 Å². The van der Waals surface area contributed by atoms with Crippen LogP contribution in [0.5, 0.6) is 0 Å². The van der Waals surface area contributed by atoms with Crippen molar-refractivity contribution in [1.82, 2.24) is 15.5 Å². The number of carbonyl (C=O) groups excluding carboxylic acids is 3. The zero-order chi connectivity index (χ0) is 27.7. The molecule has 0 aliphatic rings. The fraction of sp³-hybridized carbons (Fsp3) is 0.621. The second-order valence-electron chi connectivity index (χ2n) is 11.4. The van der Waals surface area contributed by atoms with Crippen molar-refractivity contribution in [2.45, 2.75) is 105 Å². The van der Waals surface area contributed by atoms with Gasteiger partial charge < -0.3 is 20.3 Å². The maximum atomic E-state index is 14.2. The van der Waals surface area contributed by atoms with Crippen LogP contribution in [0.3, 0.4) is 0 Å². The monoisotopic (exact) mass is 499 g/mol. The van der Waals surface area contributed by atoms with Crippen LogP contribution in [0.25, 0.3) is 0 Å². The third-order valence-electron chi connectivity index (χ3n) is 5.56. The molecule has 1 rings (SSSR count). The van der Waals surface area contributed by atoms with E-state index < -0.39 is 29.3 Å². The molecule has 2 unspecified atom stereocenters. The van der Waals surface area contributed by atoms with Crippen molar-refractivity contribution in [1.29, 1.82) is 0 Å². The molecule has 0 fully saturated rings. The molecule has 7 nitrogen and oxygen atoms in total. The Balaban J connectivity index is 3.56. The van der Waals surface area contributed by atoms with E-state index >= 15 is 0 Å². The highest BCUT2D eigenvalue weighted by Crippen LogP contribution is 2.32. The molecule has 0 bridgehead atoms. The topological polar surface area (TPSA) is 87.7 Å². The van der Waals surface area contributed by atoms with Crippen molar-refractivity contribution >= 4 is 17.9 Å². The van der Waals surface area contributed by atoms with Gasteiger partial charge in [0, 0.05) is 17.6 Å². The summed E-state index contributed by atoms with van der Waals surface area (Å²) >= 11 is 0. The van der Waals surface area contributed by atoms with Gasteiger partial charge in [-0.15, -0.1) is 6.42 Å². The number of terminal acetylenes is 1. The Labute approximate surface area is 217 Å². The molecule has 2 atom stereocenters. The summed E-state index contributed by atoms with van der Waals surface area (Å²) in [6, 6.07) is 5.26. The van der Waals surface area contributed by atoms with Crippen molar-refractivity contribution in [3.63, 3.8) is 0 Å². The normalized spacial score (nSPS) is 13.4. The fourth-order valence-electron chi connectivity index (χ4n) is 3.89. The van der Waals surface area contributed by atoms with E-state index in [-0.39, 0.29) is 17.7 Å². The summed E-state index contributed by atoms with van der Waals surface area (Å²) in [4.78, 5) is 42.0. The van der Waals surface area contributed by atoms with Crippen LogP contribution in [-0.2, 0) is 14.3 Å². The lowest BCUT2D eigenvalue weighted by Gasteiger charge is -2.43. The Hall–Kier alpha value is -3.01. The molecule has 0 aliphatic heterocycles. The average Bonchev–Trinajstić information content (AvgIpc) is 2.75. The number of alkyl carbamates (subject to hydrolysis) is 1. The highest BCUT2D eigenvalue weighted by Gasteiger charge is 2.43. The van der Waals surface area contributed by atoms with Crippen LogP contribution < -0.4 is 10.6 Å². The van der Waals surface area contributed by atoms with E-state index in [1.54, 1.807) is 49.9 Å². The first kappa shape index (κ1) is 31.0. The molecule has 200 valence electrons. The highest BCUT2D eigenvalue weighted by molar-refractivity contribution is 5.93. The number of amides is 3. The molecule has 1 aromatic rings. The molecule has 0 spiro atoms. The summed E-state index contributed by atoms with van der Waals surface area (Å²) in [6.45, 7) is 17.2. The zero-order valence-corrected chi connectivity index (χ0v) is 23.5. The van der Waals surface area contributed by atoms with Crippen molar-refractivity contribution < 1.29 is 19.1 Å². The number of hydrogen-bond donors (Lipinski definition) is 2. The maximum Gasteiger partial charge on any atom is 0.408 e. The third kappa shape index (κ3) is 9.22. The lowest BCUT2D eigenvalue weighted by molar-refractivity contribution is -0.149. The number of ether oxygens (including phenoxy) is 1. The molecule has 0 heterocycles. The van der Waals surface area contributed by atoms with E-state index in [9.17, 15) is 14.4 Å². The van der Waals surface area contributed by atoms with E-state index in [1.165, 1.54) is 0 Å². The molecule has 0 saturated carbocycles. The molecular weight excluding hydrogens is 454 g/mol. The van der Waals surface area contributed by atoms with Gasteiger partial charge in [-0.1, -0.05) is 57.7 Å². The van der Waals surface area contributed by atoms with Gasteiger partial charge in [0.15, 0.2) is 0 Å². The van der Waals surface area contributed by atoms with E-state index in [1.807, 2.05) is 34.6 Å². The minimum Gasteiger partial charge on any atom is -0.444 e. The number of carbonyl (C=O) groups is 3. The van der Waals surface area contributed by atoms with Crippen LogP contribution in [0.1, 0.15) is 98.7 Å². The molecule has 0 saturated heterocycles. The summed E-state index contributed by atoms with van der Waals surface area (Å²) in [7, 11) is 0. The SMILES string of the molecule is C#Cc1ccccc1C(C(=O)NCCCCC)N(C(=O)C(NC(=O)OC(C)(C)C)C(C)C)C(C)(C)C. The number of rotatable bonds is 10. The number of hydrogen-bond acceptors (Lipinski definition) is 4. The van der Waals surface area contributed by atoms with Crippen LogP contribution in [0.4, 0.5) is 4.79 Å². The van der Waals surface area contributed by atoms with Gasteiger partial charge in [0.2, 0.25) is 11.8 Å². The molecule has 7 heteroatoms. The van der Waals surface area contributed by atoms with Gasteiger partial charge in [-0.3, -0.25) is 9.59 Å². The quantitative estimate of drug-likeness (QED) is 0.342. The minimum absolute atomic E-state index is 0.258. The predicted octanol–water partition coefficient (Wildman–Crippen LogP) is 5.19. The Kier molecular flexibility index (Phi) is 11.5. The summed E-state index contributed by atoms with van der Waals surface area (Å²) in [5.41, 5.74) is -0.386. The van der Waals surface area contributed by atoms with Crippen LogP contribution in [-0.4, -0.2) is 46.5 Å². The van der Waals surface area contributed by atoms with Gasteiger partial charge in [0.1, 0.15) is 17.7 Å². The first-order valence-electron chi connectivity index (χ1n) is 12.8. The van der Waals surface area contributed by atoms with Gasteiger partial charge in [-0.2, -0.15) is 0 Å². The predicted molar refractivity (Wildman–Crippen MR) is 144 cm³/mol. The number of unbranched alkanes of at least 4 members (excludes halogenated alkanes) is 2. The smallest absolute Gasteiger partial charge is 0.408 e. The average molecular weight is 500 g/mol. The second-order valence-corrected chi connectivity index (χ2v) is 11.4. The molecule has 36 heavy (non-hydrogen) atoms. The molecule has 0 radical (unpaired) electrons. The third-order valence-corrected chi connectivity index (χ3v) is 5.56. The van der Waals surface area contributed by atoms with Crippen LogP contribution >= 0.6 is 0 Å². The van der Waals surface area contributed by atoms with Gasteiger partial charge in [0.05, 0.1) is 0 Å². The molecule has 0 aromatic heterocycles. The Morgan fingerprint density at radius 2 is 1.67 bits per heavy atom. The summed E-state index contributed by atoms with van der Waals surface area (Å²) in [5, 5.41) is 5.74. The van der Waals surface area contributed by atoms with Crippen molar-refractivity contribution in [2.24, 2.45) is 5.92 Å². The number of benzene rings is 1. The van der Waals surface area contributed by atoms with E-state index in [0.717, 1.165) is 19.3 Å². The fourth-order valence-corrected chi connectivity index (χ4v) is 3.89. The van der Waals surface area contributed by atoms with E-state index in [4.69, 9.17) is 11.2 Å². The second kappa shape index (κ2) is 13.3. The van der Waals surface area contributed by atoms with Gasteiger partial charge in [-0.25, -0.2) is 4.79 Å². The Morgan fingerprint density at radius 1 is 1.06 bits per heavy atom. The maximum absolute atomic E-state index is 14.2. The summed E-state index contributed by atoms with van der Waals surface area (Å²) in [5.74, 6) is 1.70. The Bertz CT molecular complexity index is 935. The first-order chi connectivity index (χ1) is 16.6. The van der Waals surface area contributed by atoms with Crippen molar-refractivity contribution in [3.05, 3.63) is 35.4 Å². The van der Waals surface area contributed by atoms with Gasteiger partial charge in [-0.05, 0) is 65.5 Å². The van der Waals surface area contributed by atoms with E-state index in [2.05, 4.69) is 23.5 Å². The van der Waals surface area contributed by atoms with Gasteiger partial charge >= 0.3 is 6.09 Å². The van der Waals surface area contributed by atoms with Crippen LogP contribution in [0.15, 0.2) is 24.3 Å². The standard InChI is InChI=1S/C29H45N3O4/c1-11-13-16-19-30-25(33)24(22-18-15-14-17-21(22)12-2)32(28(5,6)7)26(34)23(20(3)4)31-27(35)36-29(8,9)10/h2,14-15,17-18,20,23-24H,11,13,16,19H2,1,3-10H3,(H,30,33)(H,31,35). The molecule has 1 aromatic carbocycles. The first-order valence-corrected chi connectivity index (χ1v) is 12.8. The zero-order valence-electron chi connectivity index (χ0n) is 23.5. The summed E-state index contributed by atoms with van der Waals surface area (Å²) in [6.07, 6.45) is 7.95. The molecule has 2 N–H and O–H groups in total. The number of nitrogens with zero attached hydrogens (tertiary/aromatic N) is 1. The lowest BCUT2D eigenvalue weighted by atomic mass is 9.91. The largest absolute Gasteiger partial charge is 0.444 e. The summed E-state index contributed by atoms with van der Waals surface area (Å²) < 4.78 is 5.41. The molecular formula is C29H45N3O4. The molecule has 3 amide bonds. The number of nitrogens with one attached hydrogen (secondary N) is 2. The van der Waals surface area contributed by atoms with E-state index in [0.29, 0.717) is 17.7 Å². The van der Waals surface area contributed by atoms with Crippen LogP contribution in [0.2, 0.25) is 0 Å². The Morgan fingerprint density at radius 3 is 2.17 bits per heavy atom. The van der Waals surface area contributed by atoms with Crippen LogP contribution in [0, 0.1) is 18.3 Å².